The number of nitrogens with zero attached hydrogens (tertiary/aromatic N) is 3. The van der Waals surface area contributed by atoms with Gasteiger partial charge in [-0.05, 0) is 110 Å². The number of anilines is 2. The molecule has 4 aliphatic carbocycles. The third-order valence-electron chi connectivity index (χ3n) is 14.2. The number of sulfonamides is 1. The van der Waals surface area contributed by atoms with Gasteiger partial charge < -0.3 is 15.0 Å². The third kappa shape index (κ3) is 10.5. The van der Waals surface area contributed by atoms with Crippen LogP contribution >= 0.6 is 11.8 Å². The van der Waals surface area contributed by atoms with Gasteiger partial charge >= 0.3 is 5.51 Å². The number of ether oxygens (including phenoxy) is 1. The van der Waals surface area contributed by atoms with E-state index in [0.717, 1.165) is 61.6 Å². The van der Waals surface area contributed by atoms with Crippen LogP contribution in [-0.4, -0.2) is 122 Å². The van der Waals surface area contributed by atoms with E-state index in [2.05, 4.69) is 33.9 Å². The van der Waals surface area contributed by atoms with Crippen molar-refractivity contribution >= 4 is 48.9 Å². The fraction of sp³-hybridized carbons (Fsp3) is 0.553. The summed E-state index contributed by atoms with van der Waals surface area (Å²) in [6.07, 6.45) is 2.99. The summed E-state index contributed by atoms with van der Waals surface area (Å²) in [4.78, 5) is 18.9. The third-order valence-corrected chi connectivity index (χ3v) is 18.2. The molecule has 2 N–H and O–H groups in total. The quantitative estimate of drug-likeness (QED) is 0.0769. The van der Waals surface area contributed by atoms with Gasteiger partial charge in [-0.15, -0.1) is 11.8 Å². The predicted octanol–water partition coefficient (Wildman–Crippen LogP) is 8.46. The number of allylic oxidation sites excluding steroid dienone is 1. The van der Waals surface area contributed by atoms with Gasteiger partial charge in [0.2, 0.25) is 6.43 Å². The van der Waals surface area contributed by atoms with Crippen LogP contribution in [-0.2, 0) is 24.6 Å². The lowest BCUT2D eigenvalue weighted by molar-refractivity contribution is -0.250. The Morgan fingerprint density at radius 2 is 1.53 bits per heavy atom. The number of rotatable bonds is 17. The monoisotopic (exact) mass is 979 g/mol. The number of halogens is 5. The van der Waals surface area contributed by atoms with E-state index in [1.54, 1.807) is 12.1 Å². The first-order valence-corrected chi connectivity index (χ1v) is 26.5. The lowest BCUT2D eigenvalue weighted by Gasteiger charge is -2.72. The zero-order valence-electron chi connectivity index (χ0n) is 37.2. The number of hydrogen-bond donors (Lipinski definition) is 2. The predicted molar refractivity (Wildman–Crippen MR) is 245 cm³/mol. The van der Waals surface area contributed by atoms with Crippen LogP contribution in [0.5, 0.6) is 0 Å². The highest BCUT2D eigenvalue weighted by Crippen LogP contribution is 2.79. The van der Waals surface area contributed by atoms with Gasteiger partial charge in [-0.1, -0.05) is 43.2 Å². The minimum absolute atomic E-state index is 0.0247. The maximum atomic E-state index is 14.2. The first kappa shape index (κ1) is 48.7. The molecule has 0 unspecified atom stereocenters. The Morgan fingerprint density at radius 3 is 2.17 bits per heavy atom. The Labute approximate surface area is 388 Å². The first-order valence-electron chi connectivity index (χ1n) is 22.5. The SMILES string of the molecule is CC1(C)CCC(CN2CCN(c3ccc(C(=O)NS(=O)(=O)c4ccc(N[C@H](CCN5CCOCC5)CSc5ccccc5)c(S(=O)(=O)C(F)(F)F)c4)cc3)CC2)=C(C23CC(C(F)F)(C2)C3)C1. The lowest BCUT2D eigenvalue weighted by Crippen LogP contribution is -2.66. The van der Waals surface area contributed by atoms with E-state index in [1.807, 2.05) is 35.1 Å². The summed E-state index contributed by atoms with van der Waals surface area (Å²) in [5, 5.41) is 2.98. The fourth-order valence-corrected chi connectivity index (χ4v) is 13.4. The van der Waals surface area contributed by atoms with Crippen LogP contribution in [0.25, 0.3) is 0 Å². The second kappa shape index (κ2) is 19.0. The smallest absolute Gasteiger partial charge is 0.380 e. The number of carbonyl (C=O) groups excluding carboxylic acids is 1. The van der Waals surface area contributed by atoms with E-state index in [1.165, 1.54) is 35.0 Å². The van der Waals surface area contributed by atoms with Crippen LogP contribution in [0.1, 0.15) is 69.2 Å². The topological polar surface area (TPSA) is 128 Å². The van der Waals surface area contributed by atoms with E-state index in [-0.39, 0.29) is 16.4 Å². The molecule has 0 spiro atoms. The molecular formula is C47H58F5N5O6S3. The highest BCUT2D eigenvalue weighted by molar-refractivity contribution is 7.99. The number of piperazine rings is 1. The molecule has 3 aromatic carbocycles. The molecule has 1 atom stereocenters. The molecule has 0 radical (unpaired) electrons. The van der Waals surface area contributed by atoms with Gasteiger partial charge in [-0.3, -0.25) is 14.6 Å². The standard InChI is InChI=1S/C47H58F5N5O6S3/c1-44(2)16-14-34(39(27-44)45-30-46(31-45,32-45)43(48)49)28-56-18-20-57(21-19-56)36-10-8-33(9-11-36)42(58)54-66(61,62)38-12-13-40(41(26-38)65(59,60)47(50,51)52)53-35(15-17-55-22-24-63-25-23-55)29-64-37-6-4-3-5-7-37/h3-13,26,35,43,53H,14-25,27-32H2,1-2H3,(H,54,58)/t35-,45?,46?/m1/s1. The van der Waals surface area contributed by atoms with Crippen molar-refractivity contribution in [2.24, 2.45) is 16.2 Å². The van der Waals surface area contributed by atoms with Crippen molar-refractivity contribution in [1.82, 2.24) is 14.5 Å². The van der Waals surface area contributed by atoms with Gasteiger partial charge in [-0.2, -0.15) is 13.2 Å². The second-order valence-electron chi connectivity index (χ2n) is 19.5. The summed E-state index contributed by atoms with van der Waals surface area (Å²) in [6.45, 7) is 11.3. The van der Waals surface area contributed by atoms with Crippen molar-refractivity contribution in [3.05, 3.63) is 89.5 Å². The second-order valence-corrected chi connectivity index (χ2v) is 24.1. The number of alkyl halides is 5. The van der Waals surface area contributed by atoms with Crippen molar-refractivity contribution in [1.29, 1.82) is 0 Å². The minimum Gasteiger partial charge on any atom is -0.380 e. The Balaban J connectivity index is 0.917. The fourth-order valence-electron chi connectivity index (χ4n) is 10.4. The summed E-state index contributed by atoms with van der Waals surface area (Å²) < 4.78 is 131. The number of morpholine rings is 1. The van der Waals surface area contributed by atoms with Crippen molar-refractivity contribution in [3.8, 4) is 0 Å². The summed E-state index contributed by atoms with van der Waals surface area (Å²) in [5.41, 5.74) is -3.20. The van der Waals surface area contributed by atoms with Crippen LogP contribution in [0.15, 0.2) is 98.6 Å². The number of carbonyl (C=O) groups is 1. The van der Waals surface area contributed by atoms with Gasteiger partial charge in [0.1, 0.15) is 4.90 Å². The van der Waals surface area contributed by atoms with Crippen LogP contribution in [0.4, 0.5) is 33.3 Å². The molecule has 2 bridgehead atoms. The maximum absolute atomic E-state index is 14.2. The number of amides is 1. The molecule has 2 heterocycles. The number of sulfone groups is 1. The Kier molecular flexibility index (Phi) is 14.0. The molecule has 2 aliphatic heterocycles. The Bertz CT molecular complexity index is 2470. The number of thioether (sulfide) groups is 1. The highest BCUT2D eigenvalue weighted by Gasteiger charge is 2.73. The normalized spacial score (nSPS) is 24.4. The molecule has 66 heavy (non-hydrogen) atoms. The Hall–Kier alpha value is -3.75. The van der Waals surface area contributed by atoms with Crippen LogP contribution in [0.3, 0.4) is 0 Å². The van der Waals surface area contributed by atoms with Gasteiger partial charge in [0.25, 0.3) is 25.8 Å². The van der Waals surface area contributed by atoms with Crippen LogP contribution < -0.4 is 14.9 Å². The average Bonchev–Trinajstić information content (AvgIpc) is 3.25. The van der Waals surface area contributed by atoms with Crippen LogP contribution in [0.2, 0.25) is 0 Å². The highest BCUT2D eigenvalue weighted by atomic mass is 32.2. The van der Waals surface area contributed by atoms with Crippen LogP contribution in [0, 0.1) is 16.2 Å². The first-order chi connectivity index (χ1) is 31.2. The van der Waals surface area contributed by atoms with E-state index in [4.69, 9.17) is 4.74 Å². The molecule has 2 saturated heterocycles. The zero-order chi connectivity index (χ0) is 47.1. The minimum atomic E-state index is -6.07. The molecule has 1 amide bonds. The summed E-state index contributed by atoms with van der Waals surface area (Å²) >= 11 is 1.44. The van der Waals surface area contributed by atoms with E-state index in [9.17, 15) is 43.6 Å². The van der Waals surface area contributed by atoms with E-state index >= 15 is 0 Å². The number of nitrogens with one attached hydrogen (secondary N) is 2. The summed E-state index contributed by atoms with van der Waals surface area (Å²) in [5.74, 6) is -0.684. The van der Waals surface area contributed by atoms with Gasteiger partial charge in [-0.25, -0.2) is 30.3 Å². The van der Waals surface area contributed by atoms with Crippen molar-refractivity contribution in [3.63, 3.8) is 0 Å². The Morgan fingerprint density at radius 1 is 0.864 bits per heavy atom. The van der Waals surface area contributed by atoms with Crippen molar-refractivity contribution in [2.45, 2.75) is 91.5 Å². The maximum Gasteiger partial charge on any atom is 0.501 e. The molecule has 3 aromatic rings. The average molecular weight is 980 g/mol. The largest absolute Gasteiger partial charge is 0.501 e. The molecule has 3 saturated carbocycles. The lowest BCUT2D eigenvalue weighted by atomic mass is 9.32. The zero-order valence-corrected chi connectivity index (χ0v) is 39.7. The van der Waals surface area contributed by atoms with Gasteiger partial charge in [0.15, 0.2) is 0 Å². The molecule has 360 valence electrons. The number of hydrogen-bond acceptors (Lipinski definition) is 11. The molecule has 6 aliphatic rings. The van der Waals surface area contributed by atoms with Gasteiger partial charge in [0.05, 0.1) is 23.8 Å². The van der Waals surface area contributed by atoms with Gasteiger partial charge in [0, 0.05) is 85.7 Å². The summed E-state index contributed by atoms with van der Waals surface area (Å²) in [7, 11) is -10.9. The molecule has 0 aromatic heterocycles. The molecule has 5 fully saturated rings. The van der Waals surface area contributed by atoms with Crippen molar-refractivity contribution in [2.75, 3.05) is 81.5 Å². The molecule has 9 rings (SSSR count). The number of benzene rings is 3. The summed E-state index contributed by atoms with van der Waals surface area (Å²) in [6, 6.07) is 17.5. The van der Waals surface area contributed by atoms with E-state index < -0.39 is 64.6 Å². The van der Waals surface area contributed by atoms with Crippen molar-refractivity contribution < 1.29 is 48.3 Å². The van der Waals surface area contributed by atoms with E-state index in [0.29, 0.717) is 83.4 Å². The molecule has 11 nitrogen and oxygen atoms in total. The molecular weight excluding hydrogens is 922 g/mol. The molecule has 19 heteroatoms.